The molecule has 0 atom stereocenters. The van der Waals surface area contributed by atoms with Crippen LogP contribution in [0.15, 0.2) is 0 Å². The van der Waals surface area contributed by atoms with Crippen molar-refractivity contribution in [1.82, 2.24) is 0 Å². The van der Waals surface area contributed by atoms with Crippen LogP contribution in [-0.4, -0.2) is 71.0 Å². The first-order chi connectivity index (χ1) is 9.07. The van der Waals surface area contributed by atoms with E-state index in [-0.39, 0.29) is 0 Å². The first kappa shape index (κ1) is 20.2. The minimum atomic E-state index is -2.49. The maximum absolute atomic E-state index is 5.33. The van der Waals surface area contributed by atoms with Crippen molar-refractivity contribution in [2.75, 3.05) is 53.4 Å². The molecule has 0 aliphatic carbocycles. The fourth-order valence-electron chi connectivity index (χ4n) is 1.08. The molecule has 11 heteroatoms. The van der Waals surface area contributed by atoms with Gasteiger partial charge in [-0.05, 0) is 9.83 Å². The van der Waals surface area contributed by atoms with Crippen molar-refractivity contribution in [3.8, 4) is 0 Å². The highest BCUT2D eigenvalue weighted by Gasteiger charge is 2.40. The summed E-state index contributed by atoms with van der Waals surface area (Å²) >= 11 is 0. The van der Waals surface area contributed by atoms with Gasteiger partial charge in [-0.25, -0.2) is 0 Å². The van der Waals surface area contributed by atoms with Crippen LogP contribution in [0, 0.1) is 0 Å². The predicted molar refractivity (Wildman–Crippen MR) is 86.1 cm³/mol. The number of hydrogen-bond acceptors (Lipinski definition) is 9. The smallest absolute Gasteiger partial charge is 0.376 e. The Bertz CT molecular complexity index is 192. The SMILES string of the molecule is CO[Si](CSSSC[Si](OC)(OC)OC)(OC)OC. The van der Waals surface area contributed by atoms with Gasteiger partial charge in [0.25, 0.3) is 0 Å². The molecule has 0 aliphatic heterocycles. The summed E-state index contributed by atoms with van der Waals surface area (Å²) in [4.78, 5) is 0. The molecule has 0 heterocycles. The van der Waals surface area contributed by atoms with Gasteiger partial charge in [0.1, 0.15) is 0 Å². The average Bonchev–Trinajstić information content (AvgIpc) is 2.48. The fourth-order valence-corrected chi connectivity index (χ4v) is 13.4. The van der Waals surface area contributed by atoms with E-state index in [9.17, 15) is 0 Å². The van der Waals surface area contributed by atoms with Gasteiger partial charge in [-0.1, -0.05) is 21.6 Å². The summed E-state index contributed by atoms with van der Waals surface area (Å²) in [7, 11) is 9.54. The topological polar surface area (TPSA) is 55.4 Å². The molecule has 19 heavy (non-hydrogen) atoms. The molecule has 0 fully saturated rings. The normalized spacial score (nSPS) is 12.9. The van der Waals surface area contributed by atoms with Crippen LogP contribution in [-0.2, 0) is 26.6 Å². The molecule has 0 unspecified atom stereocenters. The van der Waals surface area contributed by atoms with E-state index in [1.54, 1.807) is 74.1 Å². The standard InChI is InChI=1S/C8H22O6S3Si2/c1-9-18(10-2,11-3)7-15-17-16-8-19(12-4,13-5)14-6/h7-8H2,1-6H3. The molecule has 0 N–H and O–H groups in total. The highest BCUT2D eigenvalue weighted by molar-refractivity contribution is 9.09. The monoisotopic (exact) mass is 366 g/mol. The van der Waals surface area contributed by atoms with Gasteiger partial charge in [-0.3, -0.25) is 0 Å². The van der Waals surface area contributed by atoms with E-state index in [1.807, 2.05) is 0 Å². The molecular formula is C8H22O6S3Si2. The average molecular weight is 367 g/mol. The lowest BCUT2D eigenvalue weighted by Crippen LogP contribution is -2.46. The Morgan fingerprint density at radius 3 is 1.05 bits per heavy atom. The van der Waals surface area contributed by atoms with Crippen molar-refractivity contribution in [2.45, 2.75) is 0 Å². The predicted octanol–water partition coefficient (Wildman–Crippen LogP) is 1.85. The van der Waals surface area contributed by atoms with E-state index in [2.05, 4.69) is 0 Å². The molecule has 0 aromatic rings. The Balaban J connectivity index is 3.98. The van der Waals surface area contributed by atoms with Crippen molar-refractivity contribution >= 4 is 49.0 Å². The summed E-state index contributed by atoms with van der Waals surface area (Å²) in [6.07, 6.45) is 0. The Morgan fingerprint density at radius 2 is 0.842 bits per heavy atom. The summed E-state index contributed by atoms with van der Waals surface area (Å²) in [5, 5.41) is 1.35. The van der Waals surface area contributed by atoms with E-state index in [0.29, 0.717) is 10.8 Å². The lowest BCUT2D eigenvalue weighted by atomic mass is 11.8. The number of hydrogen-bond donors (Lipinski definition) is 0. The van der Waals surface area contributed by atoms with Gasteiger partial charge in [-0.2, -0.15) is 0 Å². The summed E-state index contributed by atoms with van der Waals surface area (Å²) in [6.45, 7) is 0. The molecular weight excluding hydrogens is 344 g/mol. The lowest BCUT2D eigenvalue weighted by molar-refractivity contribution is 0.130. The van der Waals surface area contributed by atoms with Gasteiger partial charge in [-0.15, -0.1) is 0 Å². The molecule has 0 aromatic carbocycles. The molecule has 0 aliphatic rings. The molecule has 0 saturated carbocycles. The van der Waals surface area contributed by atoms with Crippen LogP contribution in [0.25, 0.3) is 0 Å². The quantitative estimate of drug-likeness (QED) is 0.292. The van der Waals surface area contributed by atoms with Crippen LogP contribution < -0.4 is 0 Å². The third-order valence-corrected chi connectivity index (χ3v) is 14.6. The summed E-state index contributed by atoms with van der Waals surface area (Å²) in [6, 6.07) is 0. The molecule has 0 rings (SSSR count). The van der Waals surface area contributed by atoms with Gasteiger partial charge in [0.2, 0.25) is 0 Å². The molecule has 0 aromatic heterocycles. The fraction of sp³-hybridized carbons (Fsp3) is 1.00. The molecule has 0 saturated heterocycles. The lowest BCUT2D eigenvalue weighted by Gasteiger charge is -2.24. The van der Waals surface area contributed by atoms with E-state index >= 15 is 0 Å². The maximum atomic E-state index is 5.33. The Labute approximate surface area is 129 Å². The zero-order valence-corrected chi connectivity index (χ0v) is 16.5. The third kappa shape index (κ3) is 6.69. The first-order valence-corrected chi connectivity index (χ1v) is 13.0. The van der Waals surface area contributed by atoms with Gasteiger partial charge >= 0.3 is 17.6 Å². The van der Waals surface area contributed by atoms with Crippen molar-refractivity contribution in [3.05, 3.63) is 0 Å². The molecule has 0 bridgehead atoms. The van der Waals surface area contributed by atoms with Crippen LogP contribution in [0.1, 0.15) is 0 Å². The van der Waals surface area contributed by atoms with E-state index < -0.39 is 17.6 Å². The molecule has 0 spiro atoms. The van der Waals surface area contributed by atoms with E-state index in [0.717, 1.165) is 0 Å². The number of rotatable bonds is 12. The summed E-state index contributed by atoms with van der Waals surface area (Å²) in [5.74, 6) is 0. The Morgan fingerprint density at radius 1 is 0.579 bits per heavy atom. The highest BCUT2D eigenvalue weighted by Crippen LogP contribution is 2.38. The minimum Gasteiger partial charge on any atom is -0.376 e. The van der Waals surface area contributed by atoms with Crippen molar-refractivity contribution in [3.63, 3.8) is 0 Å². The zero-order valence-electron chi connectivity index (χ0n) is 12.1. The third-order valence-electron chi connectivity index (χ3n) is 2.43. The maximum Gasteiger partial charge on any atom is 0.511 e. The van der Waals surface area contributed by atoms with Crippen molar-refractivity contribution in [1.29, 1.82) is 0 Å². The molecule has 0 amide bonds. The van der Waals surface area contributed by atoms with E-state index in [4.69, 9.17) is 26.6 Å². The van der Waals surface area contributed by atoms with Crippen LogP contribution in [0.4, 0.5) is 0 Å². The second kappa shape index (κ2) is 10.9. The van der Waals surface area contributed by atoms with Gasteiger partial charge in [0, 0.05) is 42.7 Å². The highest BCUT2D eigenvalue weighted by atomic mass is 33.5. The van der Waals surface area contributed by atoms with Crippen LogP contribution in [0.3, 0.4) is 0 Å². The van der Waals surface area contributed by atoms with Crippen LogP contribution >= 0.6 is 31.4 Å². The minimum absolute atomic E-state index is 0.676. The van der Waals surface area contributed by atoms with Gasteiger partial charge in [0.15, 0.2) is 0 Å². The second-order valence-corrected chi connectivity index (χ2v) is 14.3. The van der Waals surface area contributed by atoms with Crippen molar-refractivity contribution in [2.24, 2.45) is 0 Å². The molecule has 0 radical (unpaired) electrons. The molecule has 116 valence electrons. The second-order valence-electron chi connectivity index (χ2n) is 3.18. The Kier molecular flexibility index (Phi) is 11.6. The van der Waals surface area contributed by atoms with Crippen LogP contribution in [0.5, 0.6) is 0 Å². The Hall–Kier alpha value is 1.24. The van der Waals surface area contributed by atoms with E-state index in [1.165, 1.54) is 0 Å². The van der Waals surface area contributed by atoms with Gasteiger partial charge in [0.05, 0.1) is 10.8 Å². The molecule has 6 nitrogen and oxygen atoms in total. The van der Waals surface area contributed by atoms with Gasteiger partial charge < -0.3 is 26.6 Å². The zero-order chi connectivity index (χ0) is 14.8. The summed E-state index contributed by atoms with van der Waals surface area (Å²) < 4.78 is 32.0. The summed E-state index contributed by atoms with van der Waals surface area (Å²) in [5.41, 5.74) is 0. The van der Waals surface area contributed by atoms with Crippen molar-refractivity contribution < 1.29 is 26.6 Å². The largest absolute Gasteiger partial charge is 0.511 e. The van der Waals surface area contributed by atoms with Crippen LogP contribution in [0.2, 0.25) is 0 Å². The first-order valence-electron chi connectivity index (χ1n) is 5.29.